The zero-order valence-electron chi connectivity index (χ0n) is 9.81. The first-order valence-corrected chi connectivity index (χ1v) is 6.25. The van der Waals surface area contributed by atoms with Gasteiger partial charge in [0.1, 0.15) is 5.69 Å². The van der Waals surface area contributed by atoms with Crippen LogP contribution in [0.25, 0.3) is 10.9 Å². The number of amides is 1. The van der Waals surface area contributed by atoms with Crippen molar-refractivity contribution in [1.29, 1.82) is 0 Å². The fraction of sp³-hybridized carbons (Fsp3) is 0.286. The molecule has 0 atom stereocenters. The number of rotatable bonds is 0. The molecule has 1 aliphatic heterocycles. The molecule has 0 bridgehead atoms. The number of carbonyl (C=O) groups is 1. The molecule has 1 aliphatic carbocycles. The van der Waals surface area contributed by atoms with Gasteiger partial charge < -0.3 is 0 Å². The minimum Gasteiger partial charge on any atom is -0.265 e. The molecule has 18 heavy (non-hydrogen) atoms. The Hall–Kier alpha value is -2.10. The maximum atomic E-state index is 11.8. The van der Waals surface area contributed by atoms with Gasteiger partial charge in [-0.15, -0.1) is 10.2 Å². The van der Waals surface area contributed by atoms with Crippen LogP contribution >= 0.6 is 0 Å². The van der Waals surface area contributed by atoms with Gasteiger partial charge in [0.05, 0.1) is 11.1 Å². The zero-order valence-corrected chi connectivity index (χ0v) is 9.81. The Morgan fingerprint density at radius 2 is 1.94 bits per heavy atom. The number of azo groups is 1. The average molecular weight is 237 g/mol. The Kier molecular flexibility index (Phi) is 1.89. The van der Waals surface area contributed by atoms with E-state index in [0.29, 0.717) is 5.56 Å². The van der Waals surface area contributed by atoms with E-state index in [1.54, 1.807) is 0 Å². The van der Waals surface area contributed by atoms with Gasteiger partial charge in [-0.25, -0.2) is 0 Å². The highest BCUT2D eigenvalue weighted by Gasteiger charge is 2.24. The second-order valence-electron chi connectivity index (χ2n) is 4.80. The van der Waals surface area contributed by atoms with Crippen molar-refractivity contribution in [3.63, 3.8) is 0 Å². The van der Waals surface area contributed by atoms with Gasteiger partial charge in [-0.1, -0.05) is 6.07 Å². The number of aryl methyl sites for hydroxylation is 1. The molecule has 0 radical (unpaired) electrons. The predicted molar refractivity (Wildman–Crippen MR) is 67.2 cm³/mol. The lowest BCUT2D eigenvalue weighted by atomic mass is 9.91. The second-order valence-corrected chi connectivity index (χ2v) is 4.80. The number of carbonyl (C=O) groups excluding carboxylic acids is 1. The number of fused-ring (bicyclic) bond motifs is 2. The molecule has 2 heterocycles. The Bertz CT molecular complexity index is 719. The second kappa shape index (κ2) is 3.45. The van der Waals surface area contributed by atoms with Crippen molar-refractivity contribution in [2.45, 2.75) is 25.7 Å². The van der Waals surface area contributed by atoms with Crippen LogP contribution in [0.2, 0.25) is 0 Å². The van der Waals surface area contributed by atoms with Crippen molar-refractivity contribution in [3.8, 4) is 0 Å². The molecule has 1 aromatic carbocycles. The van der Waals surface area contributed by atoms with Crippen molar-refractivity contribution >= 4 is 22.5 Å². The van der Waals surface area contributed by atoms with E-state index in [0.717, 1.165) is 35.1 Å². The van der Waals surface area contributed by atoms with Crippen LogP contribution in [0.5, 0.6) is 0 Å². The maximum absolute atomic E-state index is 11.8. The molecule has 0 saturated heterocycles. The highest BCUT2D eigenvalue weighted by atomic mass is 16.1. The third-order valence-electron chi connectivity index (χ3n) is 3.73. The van der Waals surface area contributed by atoms with Gasteiger partial charge in [0.15, 0.2) is 0 Å². The highest BCUT2D eigenvalue weighted by molar-refractivity contribution is 6.12. The van der Waals surface area contributed by atoms with Gasteiger partial charge in [0.25, 0.3) is 5.91 Å². The summed E-state index contributed by atoms with van der Waals surface area (Å²) in [7, 11) is 0. The van der Waals surface area contributed by atoms with E-state index in [4.69, 9.17) is 4.98 Å². The number of aromatic nitrogens is 1. The molecule has 1 amide bonds. The van der Waals surface area contributed by atoms with Gasteiger partial charge >= 0.3 is 0 Å². The van der Waals surface area contributed by atoms with Gasteiger partial charge in [-0.3, -0.25) is 9.78 Å². The first kappa shape index (κ1) is 9.88. The summed E-state index contributed by atoms with van der Waals surface area (Å²) >= 11 is 0. The molecule has 2 aromatic rings. The van der Waals surface area contributed by atoms with Crippen molar-refractivity contribution in [3.05, 3.63) is 35.0 Å². The molecule has 0 fully saturated rings. The van der Waals surface area contributed by atoms with Crippen molar-refractivity contribution in [2.24, 2.45) is 10.2 Å². The van der Waals surface area contributed by atoms with E-state index < -0.39 is 0 Å². The van der Waals surface area contributed by atoms with Crippen LogP contribution in [0, 0.1) is 0 Å². The van der Waals surface area contributed by atoms with Crippen molar-refractivity contribution < 1.29 is 4.79 Å². The van der Waals surface area contributed by atoms with Crippen LogP contribution in [0.1, 0.15) is 34.5 Å². The van der Waals surface area contributed by atoms with Gasteiger partial charge in [-0.05, 0) is 37.8 Å². The van der Waals surface area contributed by atoms with E-state index in [2.05, 4.69) is 10.2 Å². The van der Waals surface area contributed by atoms with Crippen LogP contribution < -0.4 is 0 Å². The van der Waals surface area contributed by atoms with E-state index in [1.165, 1.54) is 18.4 Å². The first-order valence-electron chi connectivity index (χ1n) is 6.25. The summed E-state index contributed by atoms with van der Waals surface area (Å²) in [5.74, 6) is -0.259. The van der Waals surface area contributed by atoms with Crippen LogP contribution in [-0.2, 0) is 12.8 Å². The van der Waals surface area contributed by atoms with E-state index in [1.807, 2.05) is 18.2 Å². The Morgan fingerprint density at radius 1 is 1.06 bits per heavy atom. The number of hydrogen-bond donors (Lipinski definition) is 0. The number of hydrogen-bond acceptors (Lipinski definition) is 3. The minimum absolute atomic E-state index is 0.259. The van der Waals surface area contributed by atoms with Crippen molar-refractivity contribution in [1.82, 2.24) is 4.98 Å². The molecule has 1 aromatic heterocycles. The maximum Gasteiger partial charge on any atom is 0.296 e. The molecular formula is C14H11N3O. The monoisotopic (exact) mass is 237 g/mol. The minimum atomic E-state index is -0.259. The quantitative estimate of drug-likeness (QED) is 0.705. The Morgan fingerprint density at radius 3 is 2.89 bits per heavy atom. The molecule has 0 unspecified atom stereocenters. The number of nitrogens with zero attached hydrogens (tertiary/aromatic N) is 3. The Labute approximate surface area is 104 Å². The average Bonchev–Trinajstić information content (AvgIpc) is 2.42. The lowest BCUT2D eigenvalue weighted by Crippen LogP contribution is -2.09. The van der Waals surface area contributed by atoms with Gasteiger partial charge in [-0.2, -0.15) is 0 Å². The fourth-order valence-corrected chi connectivity index (χ4v) is 2.88. The largest absolute Gasteiger partial charge is 0.296 e. The summed E-state index contributed by atoms with van der Waals surface area (Å²) in [6, 6.07) is 5.62. The zero-order chi connectivity index (χ0) is 12.1. The summed E-state index contributed by atoms with van der Waals surface area (Å²) in [6.07, 6.45) is 4.35. The summed E-state index contributed by atoms with van der Waals surface area (Å²) in [5.41, 5.74) is 4.71. The molecule has 0 saturated carbocycles. The fourth-order valence-electron chi connectivity index (χ4n) is 2.88. The van der Waals surface area contributed by atoms with Gasteiger partial charge in [0, 0.05) is 16.6 Å². The Balaban J connectivity index is 2.18. The summed E-state index contributed by atoms with van der Waals surface area (Å²) < 4.78 is 0. The molecule has 4 nitrogen and oxygen atoms in total. The summed E-state index contributed by atoms with van der Waals surface area (Å²) in [5, 5.41) is 8.79. The molecule has 2 aliphatic rings. The third-order valence-corrected chi connectivity index (χ3v) is 3.73. The predicted octanol–water partition coefficient (Wildman–Crippen LogP) is 3.35. The summed E-state index contributed by atoms with van der Waals surface area (Å²) in [6.45, 7) is 0. The van der Waals surface area contributed by atoms with Crippen LogP contribution in [0.15, 0.2) is 28.4 Å². The lowest BCUT2D eigenvalue weighted by molar-refractivity contribution is 0.0995. The summed E-state index contributed by atoms with van der Waals surface area (Å²) in [4.78, 5) is 16.5. The van der Waals surface area contributed by atoms with Crippen LogP contribution in [-0.4, -0.2) is 10.9 Å². The van der Waals surface area contributed by atoms with Crippen molar-refractivity contribution in [2.75, 3.05) is 0 Å². The molecule has 4 rings (SSSR count). The molecule has 0 spiro atoms. The first-order chi connectivity index (χ1) is 8.84. The van der Waals surface area contributed by atoms with Crippen LogP contribution in [0.4, 0.5) is 5.69 Å². The third kappa shape index (κ3) is 1.20. The van der Waals surface area contributed by atoms with Gasteiger partial charge in [0.2, 0.25) is 0 Å². The molecule has 0 N–H and O–H groups in total. The van der Waals surface area contributed by atoms with Crippen LogP contribution in [0.3, 0.4) is 0 Å². The SMILES string of the molecule is O=C1N=Nc2c3c(nc4cccc1c24)CCCC3. The van der Waals surface area contributed by atoms with E-state index in [9.17, 15) is 4.79 Å². The molecule has 88 valence electrons. The number of benzene rings is 1. The standard InChI is InChI=1S/C14H11N3O/c18-14-9-5-3-7-11-12(9)13(16-17-14)8-4-1-2-6-10(8)15-11/h3,5,7H,1-2,4,6H2. The molecular weight excluding hydrogens is 226 g/mol. The molecule has 4 heteroatoms. The lowest BCUT2D eigenvalue weighted by Gasteiger charge is -2.20. The topological polar surface area (TPSA) is 54.7 Å². The van der Waals surface area contributed by atoms with E-state index >= 15 is 0 Å². The highest BCUT2D eigenvalue weighted by Crippen LogP contribution is 2.39. The van der Waals surface area contributed by atoms with E-state index in [-0.39, 0.29) is 5.91 Å². The number of pyridine rings is 1. The smallest absolute Gasteiger partial charge is 0.265 e. The normalized spacial score (nSPS) is 17.0.